The van der Waals surface area contributed by atoms with Gasteiger partial charge in [0.05, 0.1) is 12.6 Å². The second kappa shape index (κ2) is 8.16. The molecule has 0 unspecified atom stereocenters. The number of aromatic amines is 1. The van der Waals surface area contributed by atoms with Gasteiger partial charge in [-0.2, -0.15) is 0 Å². The number of nitrogens with zero attached hydrogens (tertiary/aromatic N) is 1. The smallest absolute Gasteiger partial charge is 0.253 e. The molecule has 2 N–H and O–H groups in total. The molecule has 0 saturated carbocycles. The van der Waals surface area contributed by atoms with Crippen LogP contribution in [0.5, 0.6) is 5.75 Å². The highest BCUT2D eigenvalue weighted by atomic mass is 16.5. The summed E-state index contributed by atoms with van der Waals surface area (Å²) in [7, 11) is 1.62. The number of nitrogens with one attached hydrogen (secondary N) is 2. The molecule has 0 aliphatic carbocycles. The Morgan fingerprint density at radius 3 is 2.52 bits per heavy atom. The number of aromatic nitrogens is 1. The van der Waals surface area contributed by atoms with Crippen LogP contribution in [-0.2, 0) is 6.54 Å². The van der Waals surface area contributed by atoms with Gasteiger partial charge in [0.2, 0.25) is 0 Å². The van der Waals surface area contributed by atoms with Crippen LogP contribution in [0.3, 0.4) is 0 Å². The molecule has 3 aromatic rings. The Morgan fingerprint density at radius 2 is 1.85 bits per heavy atom. The van der Waals surface area contributed by atoms with Gasteiger partial charge in [-0.1, -0.05) is 0 Å². The summed E-state index contributed by atoms with van der Waals surface area (Å²) >= 11 is 0. The number of rotatable bonds is 7. The van der Waals surface area contributed by atoms with Crippen LogP contribution in [0.2, 0.25) is 0 Å². The van der Waals surface area contributed by atoms with Gasteiger partial charge in [-0.25, -0.2) is 0 Å². The number of methoxy groups -OCH3 is 1. The van der Waals surface area contributed by atoms with Gasteiger partial charge in [-0.15, -0.1) is 0 Å². The maximum absolute atomic E-state index is 12.4. The summed E-state index contributed by atoms with van der Waals surface area (Å²) in [6, 6.07) is 14.0. The first-order valence-corrected chi connectivity index (χ1v) is 9.35. The number of fused-ring (bicyclic) bond motifs is 1. The van der Waals surface area contributed by atoms with E-state index in [4.69, 9.17) is 4.74 Å². The lowest BCUT2D eigenvalue weighted by atomic mass is 10.1. The fourth-order valence-corrected chi connectivity index (χ4v) is 3.31. The van der Waals surface area contributed by atoms with E-state index in [9.17, 15) is 4.79 Å². The molecule has 5 nitrogen and oxygen atoms in total. The normalized spacial score (nSPS) is 10.8. The number of hydrogen-bond acceptors (Lipinski definition) is 4. The Kier molecular flexibility index (Phi) is 5.69. The lowest BCUT2D eigenvalue weighted by Gasteiger charge is -2.22. The highest BCUT2D eigenvalue weighted by Gasteiger charge is 2.07. The molecule has 0 amide bonds. The number of ether oxygens (including phenoxy) is 1. The molecule has 1 aromatic heterocycles. The molecule has 0 saturated heterocycles. The van der Waals surface area contributed by atoms with E-state index in [0.717, 1.165) is 35.4 Å². The van der Waals surface area contributed by atoms with E-state index >= 15 is 0 Å². The van der Waals surface area contributed by atoms with Crippen LogP contribution < -0.4 is 20.5 Å². The largest absolute Gasteiger partial charge is 0.497 e. The van der Waals surface area contributed by atoms with Crippen LogP contribution in [0, 0.1) is 6.92 Å². The van der Waals surface area contributed by atoms with Crippen molar-refractivity contribution in [2.75, 3.05) is 30.4 Å². The van der Waals surface area contributed by atoms with E-state index in [2.05, 4.69) is 54.2 Å². The zero-order valence-corrected chi connectivity index (χ0v) is 16.4. The second-order valence-corrected chi connectivity index (χ2v) is 6.60. The molecule has 1 heterocycles. The fraction of sp³-hybridized carbons (Fsp3) is 0.318. The molecular weight excluding hydrogens is 338 g/mol. The Labute approximate surface area is 160 Å². The number of hydrogen-bond donors (Lipinski definition) is 2. The monoisotopic (exact) mass is 365 g/mol. The van der Waals surface area contributed by atoms with Crippen molar-refractivity contribution < 1.29 is 4.74 Å². The quantitative estimate of drug-likeness (QED) is 0.655. The maximum atomic E-state index is 12.4. The molecule has 2 aromatic carbocycles. The average molecular weight is 365 g/mol. The zero-order chi connectivity index (χ0) is 19.4. The highest BCUT2D eigenvalue weighted by molar-refractivity contribution is 5.80. The van der Waals surface area contributed by atoms with Crippen molar-refractivity contribution in [3.8, 4) is 5.75 Å². The first-order chi connectivity index (χ1) is 13.0. The lowest BCUT2D eigenvalue weighted by Crippen LogP contribution is -2.22. The lowest BCUT2D eigenvalue weighted by molar-refractivity contribution is 0.415. The highest BCUT2D eigenvalue weighted by Crippen LogP contribution is 2.23. The molecule has 0 spiro atoms. The summed E-state index contributed by atoms with van der Waals surface area (Å²) in [6.07, 6.45) is 0. The fourth-order valence-electron chi connectivity index (χ4n) is 3.31. The van der Waals surface area contributed by atoms with Crippen molar-refractivity contribution in [3.63, 3.8) is 0 Å². The first-order valence-electron chi connectivity index (χ1n) is 9.35. The van der Waals surface area contributed by atoms with Crippen molar-refractivity contribution >= 4 is 22.3 Å². The van der Waals surface area contributed by atoms with Crippen LogP contribution in [0.1, 0.15) is 25.0 Å². The van der Waals surface area contributed by atoms with Crippen molar-refractivity contribution in [3.05, 3.63) is 63.9 Å². The third-order valence-corrected chi connectivity index (χ3v) is 4.94. The van der Waals surface area contributed by atoms with E-state index in [1.54, 1.807) is 7.11 Å². The van der Waals surface area contributed by atoms with Crippen LogP contribution in [0.25, 0.3) is 10.9 Å². The molecule has 0 fully saturated rings. The molecule has 0 bridgehead atoms. The summed E-state index contributed by atoms with van der Waals surface area (Å²) in [5.41, 5.74) is 4.84. The molecule has 0 atom stereocenters. The minimum Gasteiger partial charge on any atom is -0.497 e. The number of pyridine rings is 1. The average Bonchev–Trinajstić information content (AvgIpc) is 2.68. The number of aryl methyl sites for hydroxylation is 1. The summed E-state index contributed by atoms with van der Waals surface area (Å²) in [6.45, 7) is 8.86. The Balaban J connectivity index is 1.80. The predicted molar refractivity (Wildman–Crippen MR) is 113 cm³/mol. The molecule has 27 heavy (non-hydrogen) atoms. The third kappa shape index (κ3) is 4.08. The van der Waals surface area contributed by atoms with Gasteiger partial charge in [-0.3, -0.25) is 4.79 Å². The Hall–Kier alpha value is -2.95. The van der Waals surface area contributed by atoms with Gasteiger partial charge in [0.1, 0.15) is 5.75 Å². The summed E-state index contributed by atoms with van der Waals surface area (Å²) in [4.78, 5) is 17.7. The van der Waals surface area contributed by atoms with Crippen LogP contribution in [0.15, 0.2) is 47.3 Å². The predicted octanol–water partition coefficient (Wildman–Crippen LogP) is 4.30. The van der Waals surface area contributed by atoms with Gasteiger partial charge in [0, 0.05) is 42.6 Å². The van der Waals surface area contributed by atoms with E-state index in [1.807, 2.05) is 24.3 Å². The van der Waals surface area contributed by atoms with Crippen molar-refractivity contribution in [1.29, 1.82) is 0 Å². The second-order valence-electron chi connectivity index (χ2n) is 6.60. The molecule has 5 heteroatoms. The molecule has 142 valence electrons. The topological polar surface area (TPSA) is 57.4 Å². The summed E-state index contributed by atoms with van der Waals surface area (Å²) in [5, 5.41) is 4.38. The van der Waals surface area contributed by atoms with E-state index in [-0.39, 0.29) is 5.56 Å². The SMILES string of the molecule is CCN(CC)c1ccc(NCc2cc3ccc(OC)cc3[nH]c2=O)c(C)c1. The standard InChI is InChI=1S/C22H27N3O2/c1-5-25(6-2)18-8-10-20(15(3)11-18)23-14-17-12-16-7-9-19(27-4)13-21(16)24-22(17)26/h7-13,23H,5-6,14H2,1-4H3,(H,24,26). The van der Waals surface area contributed by atoms with Crippen molar-refractivity contribution in [2.45, 2.75) is 27.3 Å². The van der Waals surface area contributed by atoms with E-state index < -0.39 is 0 Å². The van der Waals surface area contributed by atoms with E-state index in [0.29, 0.717) is 12.1 Å². The number of H-pyrrole nitrogens is 1. The Bertz CT molecular complexity index is 991. The zero-order valence-electron chi connectivity index (χ0n) is 16.4. The van der Waals surface area contributed by atoms with Gasteiger partial charge in [0.15, 0.2) is 0 Å². The third-order valence-electron chi connectivity index (χ3n) is 4.94. The molecule has 0 radical (unpaired) electrons. The van der Waals surface area contributed by atoms with Crippen LogP contribution in [0.4, 0.5) is 11.4 Å². The summed E-state index contributed by atoms with van der Waals surface area (Å²) < 4.78 is 5.22. The first kappa shape index (κ1) is 18.8. The molecule has 0 aliphatic heterocycles. The molecular formula is C22H27N3O2. The van der Waals surface area contributed by atoms with Gasteiger partial charge >= 0.3 is 0 Å². The minimum absolute atomic E-state index is 0.0827. The maximum Gasteiger partial charge on any atom is 0.253 e. The van der Waals surface area contributed by atoms with Crippen LogP contribution in [-0.4, -0.2) is 25.2 Å². The minimum atomic E-state index is -0.0827. The number of anilines is 2. The van der Waals surface area contributed by atoms with Crippen LogP contribution >= 0.6 is 0 Å². The van der Waals surface area contributed by atoms with E-state index in [1.165, 1.54) is 11.3 Å². The molecule has 0 aliphatic rings. The van der Waals surface area contributed by atoms with Gasteiger partial charge < -0.3 is 19.9 Å². The van der Waals surface area contributed by atoms with Crippen molar-refractivity contribution in [1.82, 2.24) is 4.98 Å². The number of benzene rings is 2. The van der Waals surface area contributed by atoms with Crippen molar-refractivity contribution in [2.24, 2.45) is 0 Å². The molecule has 3 rings (SSSR count). The summed E-state index contributed by atoms with van der Waals surface area (Å²) in [5.74, 6) is 0.730. The van der Waals surface area contributed by atoms with Gasteiger partial charge in [-0.05, 0) is 68.1 Å². The Morgan fingerprint density at radius 1 is 1.07 bits per heavy atom. The van der Waals surface area contributed by atoms with Gasteiger partial charge in [0.25, 0.3) is 5.56 Å².